The molecule has 3 rings (SSSR count). The van der Waals surface area contributed by atoms with Crippen molar-refractivity contribution >= 4 is 22.6 Å². The third kappa shape index (κ3) is 6.87. The van der Waals surface area contributed by atoms with Gasteiger partial charge in [-0.3, -0.25) is 14.8 Å². The molecule has 2 amide bonds. The molecule has 10 heteroatoms. The van der Waals surface area contributed by atoms with Crippen LogP contribution in [0.2, 0.25) is 0 Å². The van der Waals surface area contributed by atoms with Gasteiger partial charge in [-0.2, -0.15) is 0 Å². The number of hydroxylamine groups is 1. The molecule has 0 aliphatic rings. The molecule has 10 nitrogen and oxygen atoms in total. The molecule has 36 heavy (non-hydrogen) atoms. The molecule has 1 unspecified atom stereocenters. The number of benzene rings is 3. The minimum atomic E-state index is -0.579. The molecule has 0 heterocycles. The number of hydrazine groups is 1. The second-order valence-corrected chi connectivity index (χ2v) is 8.18. The minimum Gasteiger partial charge on any atom is -0.493 e. The van der Waals surface area contributed by atoms with Gasteiger partial charge >= 0.3 is 0 Å². The molecular weight excluding hydrogens is 462 g/mol. The van der Waals surface area contributed by atoms with Crippen LogP contribution in [-0.4, -0.2) is 48.8 Å². The van der Waals surface area contributed by atoms with Crippen LogP contribution in [0.25, 0.3) is 10.8 Å². The molecule has 0 aliphatic heterocycles. The van der Waals surface area contributed by atoms with Crippen molar-refractivity contribution in [3.05, 3.63) is 83.7 Å². The number of nitrogens with one attached hydrogen (secondary N) is 2. The second-order valence-electron chi connectivity index (χ2n) is 8.18. The maximum atomic E-state index is 12.6. The fourth-order valence-corrected chi connectivity index (χ4v) is 3.78. The number of amides is 2. The number of hydrogen-bond donors (Lipinski definition) is 5. The van der Waals surface area contributed by atoms with E-state index < -0.39 is 11.9 Å². The van der Waals surface area contributed by atoms with E-state index in [0.717, 1.165) is 16.3 Å². The van der Waals surface area contributed by atoms with E-state index in [4.69, 9.17) is 26.3 Å². The van der Waals surface area contributed by atoms with E-state index in [1.54, 1.807) is 23.7 Å². The number of carbonyl (C=O) groups is 2. The van der Waals surface area contributed by atoms with Crippen molar-refractivity contribution in [2.24, 2.45) is 11.6 Å². The van der Waals surface area contributed by atoms with Crippen LogP contribution in [-0.2, 0) is 11.2 Å². The normalized spacial score (nSPS) is 12.1. The van der Waals surface area contributed by atoms with Gasteiger partial charge in [0.15, 0.2) is 11.5 Å². The summed E-state index contributed by atoms with van der Waals surface area (Å²) in [5.74, 6) is 6.25. The van der Waals surface area contributed by atoms with E-state index >= 15 is 0 Å². The number of fused-ring (bicyclic) bond motifs is 1. The lowest BCUT2D eigenvalue weighted by Crippen LogP contribution is -2.42. The van der Waals surface area contributed by atoms with E-state index in [1.165, 1.54) is 25.4 Å². The largest absolute Gasteiger partial charge is 0.493 e. The van der Waals surface area contributed by atoms with Gasteiger partial charge < -0.3 is 25.5 Å². The number of methoxy groups -OCH3 is 2. The van der Waals surface area contributed by atoms with Crippen molar-refractivity contribution in [2.45, 2.75) is 18.9 Å². The van der Waals surface area contributed by atoms with Gasteiger partial charge in [0.25, 0.3) is 5.91 Å². The molecule has 0 saturated heterocycles. The summed E-state index contributed by atoms with van der Waals surface area (Å²) in [4.78, 5) is 24.5. The molecule has 3 aromatic carbocycles. The van der Waals surface area contributed by atoms with E-state index in [2.05, 4.69) is 5.32 Å². The second kappa shape index (κ2) is 12.4. The highest BCUT2D eigenvalue weighted by Gasteiger charge is 2.19. The topological polar surface area (TPSA) is 152 Å². The Labute approximate surface area is 209 Å². The van der Waals surface area contributed by atoms with Crippen LogP contribution in [0.5, 0.6) is 11.5 Å². The summed E-state index contributed by atoms with van der Waals surface area (Å²) in [6, 6.07) is 18.3. The molecule has 190 valence electrons. The zero-order chi connectivity index (χ0) is 26.1. The summed E-state index contributed by atoms with van der Waals surface area (Å²) in [6.07, 6.45) is 1.82. The maximum absolute atomic E-state index is 12.6. The van der Waals surface area contributed by atoms with Crippen LogP contribution < -0.4 is 31.8 Å². The number of rotatable bonds is 11. The molecule has 0 aromatic heterocycles. The number of nitrogens with zero attached hydrogens (tertiary/aromatic N) is 1. The predicted molar refractivity (Wildman–Crippen MR) is 136 cm³/mol. The Kier molecular flexibility index (Phi) is 9.09. The summed E-state index contributed by atoms with van der Waals surface area (Å²) in [5.41, 5.74) is 9.36. The van der Waals surface area contributed by atoms with Gasteiger partial charge in [-0.1, -0.05) is 42.5 Å². The third-order valence-corrected chi connectivity index (χ3v) is 5.67. The molecule has 0 bridgehead atoms. The van der Waals surface area contributed by atoms with E-state index in [1.807, 2.05) is 42.5 Å². The molecule has 0 aliphatic carbocycles. The first-order chi connectivity index (χ1) is 17.3. The zero-order valence-corrected chi connectivity index (χ0v) is 20.2. The lowest BCUT2D eigenvalue weighted by atomic mass is 9.99. The average molecular weight is 494 g/mol. The highest BCUT2D eigenvalue weighted by Crippen LogP contribution is 2.27. The Hall–Kier alpha value is -4.28. The average Bonchev–Trinajstić information content (AvgIpc) is 2.90. The lowest BCUT2D eigenvalue weighted by Gasteiger charge is -2.26. The summed E-state index contributed by atoms with van der Waals surface area (Å²) < 4.78 is 10.4. The fourth-order valence-electron chi connectivity index (χ4n) is 3.78. The molecule has 0 radical (unpaired) electrons. The highest BCUT2D eigenvalue weighted by molar-refractivity contribution is 5.95. The van der Waals surface area contributed by atoms with Crippen LogP contribution in [0.3, 0.4) is 0 Å². The summed E-state index contributed by atoms with van der Waals surface area (Å²) >= 11 is 0. The van der Waals surface area contributed by atoms with E-state index in [0.29, 0.717) is 23.5 Å². The Morgan fingerprint density at radius 1 is 1.03 bits per heavy atom. The molecular formula is C26H31N5O5. The lowest BCUT2D eigenvalue weighted by molar-refractivity contribution is -0.130. The van der Waals surface area contributed by atoms with Crippen LogP contribution in [0.4, 0.5) is 0 Å². The van der Waals surface area contributed by atoms with Gasteiger partial charge in [0, 0.05) is 17.5 Å². The quantitative estimate of drug-likeness (QED) is 0.155. The van der Waals surface area contributed by atoms with Gasteiger partial charge in [0.05, 0.1) is 33.2 Å². The van der Waals surface area contributed by atoms with Crippen molar-refractivity contribution in [1.29, 1.82) is 0 Å². The molecule has 3 aromatic rings. The van der Waals surface area contributed by atoms with Gasteiger partial charge in [0.2, 0.25) is 5.91 Å². The van der Waals surface area contributed by atoms with Gasteiger partial charge in [-0.05, 0) is 41.0 Å². The van der Waals surface area contributed by atoms with Gasteiger partial charge in [-0.15, -0.1) is 0 Å². The number of ether oxygens (including phenoxy) is 2. The van der Waals surface area contributed by atoms with Crippen LogP contribution >= 0.6 is 0 Å². The van der Waals surface area contributed by atoms with E-state index in [-0.39, 0.29) is 24.6 Å². The highest BCUT2D eigenvalue weighted by atomic mass is 16.5. The Morgan fingerprint density at radius 3 is 2.44 bits per heavy atom. The van der Waals surface area contributed by atoms with Crippen LogP contribution in [0.1, 0.15) is 22.3 Å². The molecule has 7 N–H and O–H groups in total. The molecule has 0 spiro atoms. The van der Waals surface area contributed by atoms with E-state index in [9.17, 15) is 9.59 Å². The van der Waals surface area contributed by atoms with Gasteiger partial charge in [0.1, 0.15) is 0 Å². The first-order valence-corrected chi connectivity index (χ1v) is 11.2. The van der Waals surface area contributed by atoms with Crippen molar-refractivity contribution < 1.29 is 24.3 Å². The van der Waals surface area contributed by atoms with Crippen molar-refractivity contribution in [1.82, 2.24) is 15.8 Å². The Morgan fingerprint density at radius 2 is 1.75 bits per heavy atom. The maximum Gasteiger partial charge on any atom is 0.251 e. The monoisotopic (exact) mass is 493 g/mol. The SMILES string of the molecule is COc1ccc(C(=O)NC/C(N)=C/N(N)C(CC(=O)NO)Cc2ccc3ccccc3c2)cc1OC. The number of nitrogens with two attached hydrogens (primary N) is 2. The zero-order valence-electron chi connectivity index (χ0n) is 20.2. The third-order valence-electron chi connectivity index (χ3n) is 5.67. The first-order valence-electron chi connectivity index (χ1n) is 11.2. The van der Waals surface area contributed by atoms with Gasteiger partial charge in [-0.25, -0.2) is 11.3 Å². The van der Waals surface area contributed by atoms with Crippen molar-refractivity contribution in [3.63, 3.8) is 0 Å². The molecule has 0 fully saturated rings. The standard InChI is InChI=1S/C26H31N5O5/c1-35-23-10-9-20(13-24(23)36-2)26(33)29-15-21(27)16-31(28)22(14-25(32)30-34)12-17-7-8-18-5-3-4-6-19(18)11-17/h3-11,13,16,22,34H,12,14-15,27-28H2,1-2H3,(H,29,33)(H,30,32)/b21-16-. The molecule has 1 atom stereocenters. The number of carbonyl (C=O) groups excluding carboxylic acids is 2. The smallest absolute Gasteiger partial charge is 0.251 e. The minimum absolute atomic E-state index is 0.0236. The summed E-state index contributed by atoms with van der Waals surface area (Å²) in [5, 5.41) is 15.2. The molecule has 0 saturated carbocycles. The van der Waals surface area contributed by atoms with Crippen LogP contribution in [0, 0.1) is 0 Å². The fraction of sp³-hybridized carbons (Fsp3) is 0.231. The first kappa shape index (κ1) is 26.3. The van der Waals surface area contributed by atoms with Crippen molar-refractivity contribution in [2.75, 3.05) is 20.8 Å². The summed E-state index contributed by atoms with van der Waals surface area (Å²) in [6.45, 7) is 0.0236. The van der Waals surface area contributed by atoms with Crippen LogP contribution in [0.15, 0.2) is 72.6 Å². The predicted octanol–water partition coefficient (Wildman–Crippen LogP) is 2.07. The summed E-state index contributed by atoms with van der Waals surface area (Å²) in [7, 11) is 3.00. The Balaban J connectivity index is 1.68. The number of hydrogen-bond acceptors (Lipinski definition) is 8. The van der Waals surface area contributed by atoms with Crippen molar-refractivity contribution in [3.8, 4) is 11.5 Å². The Bertz CT molecular complexity index is 1250.